The molecule has 6 nitrogen and oxygen atoms in total. The molecule has 3 rings (SSSR count). The van der Waals surface area contributed by atoms with Crippen LogP contribution in [-0.2, 0) is 11.3 Å². The Morgan fingerprint density at radius 1 is 1.44 bits per heavy atom. The molecular formula is C19H29N3O3. The minimum atomic E-state index is 0.0927. The van der Waals surface area contributed by atoms with Gasteiger partial charge in [0.05, 0.1) is 19.8 Å². The van der Waals surface area contributed by atoms with Gasteiger partial charge in [-0.05, 0) is 19.4 Å². The van der Waals surface area contributed by atoms with Crippen LogP contribution in [0.2, 0.25) is 0 Å². The van der Waals surface area contributed by atoms with Crippen LogP contribution in [0.4, 0.5) is 0 Å². The van der Waals surface area contributed by atoms with Crippen LogP contribution in [0, 0.1) is 11.3 Å². The number of nitrogens with one attached hydrogen (secondary N) is 2. The molecule has 1 aromatic carbocycles. The van der Waals surface area contributed by atoms with Crippen molar-refractivity contribution in [2.45, 2.75) is 45.9 Å². The predicted octanol–water partition coefficient (Wildman–Crippen LogP) is 2.27. The average Bonchev–Trinajstić information content (AvgIpc) is 3.05. The highest BCUT2D eigenvalue weighted by Crippen LogP contribution is 2.52. The van der Waals surface area contributed by atoms with Crippen molar-refractivity contribution in [1.29, 1.82) is 0 Å². The number of aromatic hydroxyl groups is 1. The zero-order valence-corrected chi connectivity index (χ0v) is 15.5. The lowest BCUT2D eigenvalue weighted by atomic mass is 9.57. The third-order valence-corrected chi connectivity index (χ3v) is 5.45. The van der Waals surface area contributed by atoms with E-state index in [0.29, 0.717) is 30.4 Å². The number of ether oxygens (including phenoxy) is 2. The molecule has 1 aliphatic carbocycles. The summed E-state index contributed by atoms with van der Waals surface area (Å²) in [6, 6.07) is 5.80. The lowest BCUT2D eigenvalue weighted by Crippen LogP contribution is -2.67. The third-order valence-electron chi connectivity index (χ3n) is 5.45. The second-order valence-electron chi connectivity index (χ2n) is 7.35. The van der Waals surface area contributed by atoms with Crippen LogP contribution in [0.3, 0.4) is 0 Å². The van der Waals surface area contributed by atoms with E-state index in [9.17, 15) is 5.11 Å². The second kappa shape index (κ2) is 7.12. The van der Waals surface area contributed by atoms with E-state index in [1.54, 1.807) is 13.2 Å². The number of rotatable bonds is 5. The normalized spacial score (nSPS) is 27.4. The lowest BCUT2D eigenvalue weighted by molar-refractivity contribution is -0.106. The van der Waals surface area contributed by atoms with Crippen LogP contribution >= 0.6 is 0 Å². The van der Waals surface area contributed by atoms with E-state index in [-0.39, 0.29) is 11.2 Å². The summed E-state index contributed by atoms with van der Waals surface area (Å²) < 4.78 is 11.0. The minimum Gasteiger partial charge on any atom is -0.504 e. The van der Waals surface area contributed by atoms with Gasteiger partial charge >= 0.3 is 0 Å². The molecule has 3 atom stereocenters. The van der Waals surface area contributed by atoms with Crippen LogP contribution in [0.25, 0.3) is 0 Å². The number of para-hydroxylation sites is 1. The van der Waals surface area contributed by atoms with Gasteiger partial charge in [-0.15, -0.1) is 0 Å². The van der Waals surface area contributed by atoms with Crippen LogP contribution in [0.1, 0.15) is 32.8 Å². The molecule has 25 heavy (non-hydrogen) atoms. The summed E-state index contributed by atoms with van der Waals surface area (Å²) >= 11 is 0. The van der Waals surface area contributed by atoms with E-state index in [1.165, 1.54) is 0 Å². The highest BCUT2D eigenvalue weighted by Gasteiger charge is 2.59. The van der Waals surface area contributed by atoms with Crippen molar-refractivity contribution in [2.24, 2.45) is 16.3 Å². The first-order valence-electron chi connectivity index (χ1n) is 9.00. The van der Waals surface area contributed by atoms with Gasteiger partial charge in [-0.25, -0.2) is 4.99 Å². The largest absolute Gasteiger partial charge is 0.504 e. The molecule has 3 unspecified atom stereocenters. The van der Waals surface area contributed by atoms with E-state index >= 15 is 0 Å². The summed E-state index contributed by atoms with van der Waals surface area (Å²) in [5.74, 6) is 1.94. The molecule has 3 N–H and O–H groups in total. The van der Waals surface area contributed by atoms with Crippen molar-refractivity contribution in [2.75, 3.05) is 20.3 Å². The SMILES string of the molecule is CCNC(=NCc1cccc(OC)c1O)NC1C2CCOC2C1(C)C. The van der Waals surface area contributed by atoms with Crippen molar-refractivity contribution >= 4 is 5.96 Å². The number of nitrogens with zero attached hydrogens (tertiary/aromatic N) is 1. The third kappa shape index (κ3) is 3.27. The van der Waals surface area contributed by atoms with Gasteiger partial charge in [0.25, 0.3) is 0 Å². The second-order valence-corrected chi connectivity index (χ2v) is 7.35. The van der Waals surface area contributed by atoms with E-state index in [1.807, 2.05) is 19.1 Å². The topological polar surface area (TPSA) is 75.1 Å². The first-order valence-corrected chi connectivity index (χ1v) is 9.00. The molecule has 138 valence electrons. The summed E-state index contributed by atoms with van der Waals surface area (Å²) in [7, 11) is 1.55. The van der Waals surface area contributed by atoms with Gasteiger partial charge < -0.3 is 25.2 Å². The number of phenolic OH excluding ortho intramolecular Hbond substituents is 1. The Morgan fingerprint density at radius 2 is 2.24 bits per heavy atom. The standard InChI is InChI=1S/C19H29N3O3/c1-5-20-18(21-11-12-7-6-8-14(24-4)15(12)23)22-16-13-9-10-25-17(13)19(16,2)3/h6-8,13,16-17,23H,5,9-11H2,1-4H3,(H2,20,21,22). The molecular weight excluding hydrogens is 318 g/mol. The predicted molar refractivity (Wildman–Crippen MR) is 98.0 cm³/mol. The molecule has 0 radical (unpaired) electrons. The first-order chi connectivity index (χ1) is 12.0. The molecule has 1 heterocycles. The number of fused-ring (bicyclic) bond motifs is 1. The molecule has 0 bridgehead atoms. The summed E-state index contributed by atoms with van der Waals surface area (Å²) in [6.45, 7) is 8.56. The van der Waals surface area contributed by atoms with Gasteiger partial charge in [0.2, 0.25) is 0 Å². The number of guanidine groups is 1. The summed E-state index contributed by atoms with van der Waals surface area (Å²) in [5.41, 5.74) is 0.835. The Labute approximate surface area is 149 Å². The Bertz CT molecular complexity index is 645. The number of aliphatic imine (C=N–C) groups is 1. The van der Waals surface area contributed by atoms with Crippen LogP contribution in [-0.4, -0.2) is 43.5 Å². The maximum atomic E-state index is 10.2. The van der Waals surface area contributed by atoms with Gasteiger partial charge in [0.1, 0.15) is 0 Å². The number of methoxy groups -OCH3 is 1. The van der Waals surface area contributed by atoms with Crippen molar-refractivity contribution in [3.63, 3.8) is 0 Å². The Kier molecular flexibility index (Phi) is 5.08. The number of benzene rings is 1. The summed E-state index contributed by atoms with van der Waals surface area (Å²) in [5, 5.41) is 17.1. The molecule has 0 aromatic heterocycles. The Hall–Kier alpha value is -1.95. The van der Waals surface area contributed by atoms with Gasteiger partial charge in [-0.1, -0.05) is 26.0 Å². The smallest absolute Gasteiger partial charge is 0.191 e. The Balaban J connectivity index is 1.72. The summed E-state index contributed by atoms with van der Waals surface area (Å²) in [6.07, 6.45) is 1.44. The monoisotopic (exact) mass is 347 g/mol. The Morgan fingerprint density at radius 3 is 2.96 bits per heavy atom. The molecule has 2 aliphatic rings. The zero-order chi connectivity index (χ0) is 18.0. The molecule has 1 aliphatic heterocycles. The fraction of sp³-hybridized carbons (Fsp3) is 0.632. The highest BCUT2D eigenvalue weighted by molar-refractivity contribution is 5.80. The molecule has 1 saturated heterocycles. The van der Waals surface area contributed by atoms with Crippen molar-refractivity contribution in [3.05, 3.63) is 23.8 Å². The number of phenols is 1. The first kappa shape index (κ1) is 17.9. The molecule has 1 saturated carbocycles. The molecule has 6 heteroatoms. The van der Waals surface area contributed by atoms with Crippen LogP contribution < -0.4 is 15.4 Å². The minimum absolute atomic E-state index is 0.0927. The lowest BCUT2D eigenvalue weighted by Gasteiger charge is -2.54. The molecule has 1 aromatic rings. The molecule has 0 amide bonds. The van der Waals surface area contributed by atoms with E-state index < -0.39 is 0 Å². The fourth-order valence-corrected chi connectivity index (χ4v) is 4.11. The molecule has 0 spiro atoms. The maximum absolute atomic E-state index is 10.2. The van der Waals surface area contributed by atoms with Crippen LogP contribution in [0.15, 0.2) is 23.2 Å². The average molecular weight is 347 g/mol. The quantitative estimate of drug-likeness (QED) is 0.563. The van der Waals surface area contributed by atoms with E-state index in [0.717, 1.165) is 31.1 Å². The molecule has 2 fully saturated rings. The highest BCUT2D eigenvalue weighted by atomic mass is 16.5. The number of hydrogen-bond donors (Lipinski definition) is 3. The zero-order valence-electron chi connectivity index (χ0n) is 15.5. The van der Waals surface area contributed by atoms with Gasteiger partial charge in [0, 0.05) is 36.1 Å². The van der Waals surface area contributed by atoms with Gasteiger partial charge in [-0.3, -0.25) is 0 Å². The summed E-state index contributed by atoms with van der Waals surface area (Å²) in [4.78, 5) is 4.66. The maximum Gasteiger partial charge on any atom is 0.191 e. The van der Waals surface area contributed by atoms with E-state index in [2.05, 4.69) is 29.5 Å². The van der Waals surface area contributed by atoms with Crippen LogP contribution in [0.5, 0.6) is 11.5 Å². The van der Waals surface area contributed by atoms with Gasteiger partial charge in [-0.2, -0.15) is 0 Å². The van der Waals surface area contributed by atoms with Crippen molar-refractivity contribution < 1.29 is 14.6 Å². The fourth-order valence-electron chi connectivity index (χ4n) is 4.11. The number of hydrogen-bond acceptors (Lipinski definition) is 4. The van der Waals surface area contributed by atoms with E-state index in [4.69, 9.17) is 9.47 Å². The van der Waals surface area contributed by atoms with Gasteiger partial charge in [0.15, 0.2) is 17.5 Å². The van der Waals surface area contributed by atoms with Crippen molar-refractivity contribution in [3.8, 4) is 11.5 Å². The van der Waals surface area contributed by atoms with Crippen molar-refractivity contribution in [1.82, 2.24) is 10.6 Å².